The van der Waals surface area contributed by atoms with Crippen LogP contribution in [0, 0.1) is 9.49 Å². The monoisotopic (exact) mass is 304 g/mol. The van der Waals surface area contributed by atoms with Crippen molar-refractivity contribution < 1.29 is 5.11 Å². The van der Waals surface area contributed by atoms with Gasteiger partial charge in [0, 0.05) is 3.57 Å². The van der Waals surface area contributed by atoms with Gasteiger partial charge in [0.25, 0.3) is 0 Å². The van der Waals surface area contributed by atoms with Crippen LogP contribution in [0.5, 0.6) is 0 Å². The van der Waals surface area contributed by atoms with Crippen molar-refractivity contribution in [2.45, 2.75) is 32.8 Å². The van der Waals surface area contributed by atoms with Crippen LogP contribution in [0.15, 0.2) is 24.3 Å². The number of benzene rings is 1. The maximum Gasteiger partial charge on any atom is 0.0566 e. The van der Waals surface area contributed by atoms with Gasteiger partial charge in [-0.1, -0.05) is 26.0 Å². The SMILES string of the molecule is CCC(O)C(C)Cc1ccc(I)cc1. The van der Waals surface area contributed by atoms with Crippen molar-refractivity contribution in [1.82, 2.24) is 0 Å². The van der Waals surface area contributed by atoms with Gasteiger partial charge in [0.05, 0.1) is 6.10 Å². The lowest BCUT2D eigenvalue weighted by Crippen LogP contribution is -2.18. The van der Waals surface area contributed by atoms with E-state index >= 15 is 0 Å². The first kappa shape index (κ1) is 12.0. The van der Waals surface area contributed by atoms with Crippen LogP contribution in [0.1, 0.15) is 25.8 Å². The molecule has 0 aliphatic carbocycles. The maximum absolute atomic E-state index is 9.64. The summed E-state index contributed by atoms with van der Waals surface area (Å²) in [5.74, 6) is 0.347. The zero-order valence-corrected chi connectivity index (χ0v) is 10.9. The Hall–Kier alpha value is -0.0900. The predicted octanol–water partition coefficient (Wildman–Crippen LogP) is 3.24. The van der Waals surface area contributed by atoms with E-state index in [0.29, 0.717) is 5.92 Å². The van der Waals surface area contributed by atoms with Gasteiger partial charge in [-0.05, 0) is 59.0 Å². The lowest BCUT2D eigenvalue weighted by molar-refractivity contribution is 0.113. The first-order valence-electron chi connectivity index (χ1n) is 5.06. The van der Waals surface area contributed by atoms with Crippen molar-refractivity contribution in [1.29, 1.82) is 0 Å². The molecule has 14 heavy (non-hydrogen) atoms. The molecule has 0 aromatic heterocycles. The quantitative estimate of drug-likeness (QED) is 0.847. The zero-order valence-electron chi connectivity index (χ0n) is 8.70. The molecule has 0 aliphatic heterocycles. The van der Waals surface area contributed by atoms with Crippen LogP contribution in [0.4, 0.5) is 0 Å². The topological polar surface area (TPSA) is 20.2 Å². The molecule has 0 saturated carbocycles. The zero-order chi connectivity index (χ0) is 10.6. The van der Waals surface area contributed by atoms with Gasteiger partial charge in [0.2, 0.25) is 0 Å². The van der Waals surface area contributed by atoms with Gasteiger partial charge >= 0.3 is 0 Å². The third-order valence-corrected chi connectivity index (χ3v) is 3.27. The van der Waals surface area contributed by atoms with Gasteiger partial charge < -0.3 is 5.11 Å². The van der Waals surface area contributed by atoms with E-state index in [4.69, 9.17) is 0 Å². The summed E-state index contributed by atoms with van der Waals surface area (Å²) in [7, 11) is 0. The average Bonchev–Trinajstić information content (AvgIpc) is 2.20. The number of rotatable bonds is 4. The second-order valence-electron chi connectivity index (χ2n) is 3.78. The Balaban J connectivity index is 2.56. The molecule has 2 heteroatoms. The van der Waals surface area contributed by atoms with Crippen LogP contribution in [0.25, 0.3) is 0 Å². The predicted molar refractivity (Wildman–Crippen MR) is 68.3 cm³/mol. The number of hydrogen-bond donors (Lipinski definition) is 1. The fourth-order valence-electron chi connectivity index (χ4n) is 1.53. The second-order valence-corrected chi connectivity index (χ2v) is 5.03. The molecule has 0 heterocycles. The third kappa shape index (κ3) is 3.58. The summed E-state index contributed by atoms with van der Waals surface area (Å²) in [5, 5.41) is 9.64. The van der Waals surface area contributed by atoms with Crippen molar-refractivity contribution in [2.24, 2.45) is 5.92 Å². The lowest BCUT2D eigenvalue weighted by atomic mass is 9.95. The second kappa shape index (κ2) is 5.71. The van der Waals surface area contributed by atoms with Crippen molar-refractivity contribution in [3.05, 3.63) is 33.4 Å². The highest BCUT2D eigenvalue weighted by Crippen LogP contribution is 2.15. The van der Waals surface area contributed by atoms with Crippen molar-refractivity contribution >= 4 is 22.6 Å². The molecule has 0 aliphatic rings. The number of aliphatic hydroxyl groups is 1. The Morgan fingerprint density at radius 3 is 2.36 bits per heavy atom. The summed E-state index contributed by atoms with van der Waals surface area (Å²) in [6.45, 7) is 4.13. The molecule has 0 bridgehead atoms. The average molecular weight is 304 g/mol. The van der Waals surface area contributed by atoms with Crippen LogP contribution < -0.4 is 0 Å². The lowest BCUT2D eigenvalue weighted by Gasteiger charge is -2.16. The summed E-state index contributed by atoms with van der Waals surface area (Å²) in [4.78, 5) is 0. The highest BCUT2D eigenvalue weighted by molar-refractivity contribution is 14.1. The molecule has 2 atom stereocenters. The summed E-state index contributed by atoms with van der Waals surface area (Å²) in [6, 6.07) is 8.50. The summed E-state index contributed by atoms with van der Waals surface area (Å²) in [6.07, 6.45) is 1.63. The Morgan fingerprint density at radius 2 is 1.86 bits per heavy atom. The molecule has 0 fully saturated rings. The maximum atomic E-state index is 9.64. The first-order chi connectivity index (χ1) is 6.63. The Morgan fingerprint density at radius 1 is 1.29 bits per heavy atom. The van der Waals surface area contributed by atoms with E-state index in [1.165, 1.54) is 9.13 Å². The van der Waals surface area contributed by atoms with Gasteiger partial charge in [0.1, 0.15) is 0 Å². The van der Waals surface area contributed by atoms with Crippen LogP contribution in [0.3, 0.4) is 0 Å². The highest BCUT2D eigenvalue weighted by atomic mass is 127. The molecule has 0 amide bonds. The minimum atomic E-state index is -0.172. The summed E-state index contributed by atoms with van der Waals surface area (Å²) < 4.78 is 1.26. The van der Waals surface area contributed by atoms with E-state index in [9.17, 15) is 5.11 Å². The molecule has 0 radical (unpaired) electrons. The van der Waals surface area contributed by atoms with Crippen molar-refractivity contribution in [3.8, 4) is 0 Å². The van der Waals surface area contributed by atoms with Crippen molar-refractivity contribution in [2.75, 3.05) is 0 Å². The molecule has 1 rings (SSSR count). The van der Waals surface area contributed by atoms with Gasteiger partial charge in [-0.25, -0.2) is 0 Å². The number of halogens is 1. The molecule has 78 valence electrons. The van der Waals surface area contributed by atoms with E-state index in [1.807, 2.05) is 6.92 Å². The minimum Gasteiger partial charge on any atom is -0.393 e. The summed E-state index contributed by atoms with van der Waals surface area (Å²) in [5.41, 5.74) is 1.31. The molecular weight excluding hydrogens is 287 g/mol. The van der Waals surface area contributed by atoms with E-state index in [-0.39, 0.29) is 6.10 Å². The fraction of sp³-hybridized carbons (Fsp3) is 0.500. The largest absolute Gasteiger partial charge is 0.393 e. The molecule has 1 aromatic rings. The van der Waals surface area contributed by atoms with Gasteiger partial charge in [0.15, 0.2) is 0 Å². The molecule has 0 spiro atoms. The molecule has 1 aromatic carbocycles. The number of aliphatic hydroxyl groups excluding tert-OH is 1. The van der Waals surface area contributed by atoms with E-state index in [0.717, 1.165) is 12.8 Å². The summed E-state index contributed by atoms with van der Waals surface area (Å²) >= 11 is 2.30. The molecular formula is C12H17IO. The van der Waals surface area contributed by atoms with Gasteiger partial charge in [-0.2, -0.15) is 0 Å². The standard InChI is InChI=1S/C12H17IO/c1-3-12(14)9(2)8-10-4-6-11(13)7-5-10/h4-7,9,12,14H,3,8H2,1-2H3. The fourth-order valence-corrected chi connectivity index (χ4v) is 1.89. The van der Waals surface area contributed by atoms with Crippen LogP contribution >= 0.6 is 22.6 Å². The normalized spacial score (nSPS) is 15.1. The van der Waals surface area contributed by atoms with Crippen LogP contribution in [-0.2, 0) is 6.42 Å². The highest BCUT2D eigenvalue weighted by Gasteiger charge is 2.12. The van der Waals surface area contributed by atoms with Crippen LogP contribution in [0.2, 0.25) is 0 Å². The minimum absolute atomic E-state index is 0.172. The van der Waals surface area contributed by atoms with Crippen molar-refractivity contribution in [3.63, 3.8) is 0 Å². The molecule has 0 saturated heterocycles. The Labute approximate surface area is 99.7 Å². The smallest absolute Gasteiger partial charge is 0.0566 e. The van der Waals surface area contributed by atoms with E-state index in [1.54, 1.807) is 0 Å². The molecule has 2 unspecified atom stereocenters. The van der Waals surface area contributed by atoms with E-state index < -0.39 is 0 Å². The Bertz CT molecular complexity index is 268. The number of hydrogen-bond acceptors (Lipinski definition) is 1. The Kier molecular flexibility index (Phi) is 4.89. The van der Waals surface area contributed by atoms with Gasteiger partial charge in [-0.15, -0.1) is 0 Å². The third-order valence-electron chi connectivity index (χ3n) is 2.55. The molecule has 1 nitrogen and oxygen atoms in total. The van der Waals surface area contributed by atoms with Crippen LogP contribution in [-0.4, -0.2) is 11.2 Å². The van der Waals surface area contributed by atoms with Gasteiger partial charge in [-0.3, -0.25) is 0 Å². The first-order valence-corrected chi connectivity index (χ1v) is 6.14. The van der Waals surface area contributed by atoms with E-state index in [2.05, 4.69) is 53.8 Å². The molecule has 1 N–H and O–H groups in total.